The summed E-state index contributed by atoms with van der Waals surface area (Å²) in [5.41, 5.74) is 4.90. The molecule has 2 aliphatic rings. The number of benzene rings is 2. The van der Waals surface area contributed by atoms with Gasteiger partial charge in [0.2, 0.25) is 0 Å². The van der Waals surface area contributed by atoms with E-state index in [0.717, 1.165) is 27.7 Å². The van der Waals surface area contributed by atoms with Crippen molar-refractivity contribution in [1.82, 2.24) is 14.7 Å². The predicted molar refractivity (Wildman–Crippen MR) is 174 cm³/mol. The number of thiophene rings is 1. The summed E-state index contributed by atoms with van der Waals surface area (Å²) >= 11 is 7.62. The smallest absolute Gasteiger partial charge is 0.409 e. The molecule has 1 saturated heterocycles. The SMILES string of the molecule is COCC(C)(C)C(=O)n1nc(C2CCN(C(=O)OCC3c4ccccc4-c4ccccc43)CC2)cc1NCc1ccc(Cl)s1. The minimum atomic E-state index is -0.756. The summed E-state index contributed by atoms with van der Waals surface area (Å²) in [6, 6.07) is 22.5. The van der Waals surface area contributed by atoms with Crippen LogP contribution in [0, 0.1) is 5.41 Å². The lowest BCUT2D eigenvalue weighted by molar-refractivity contribution is 0.0528. The van der Waals surface area contributed by atoms with Gasteiger partial charge in [-0.1, -0.05) is 60.1 Å². The lowest BCUT2D eigenvalue weighted by atomic mass is 9.94. The molecule has 2 aromatic carbocycles. The van der Waals surface area contributed by atoms with Crippen molar-refractivity contribution in [2.45, 2.75) is 45.1 Å². The van der Waals surface area contributed by atoms with Gasteiger partial charge in [-0.3, -0.25) is 4.79 Å². The van der Waals surface area contributed by atoms with Crippen LogP contribution in [0.5, 0.6) is 0 Å². The first-order valence-corrected chi connectivity index (χ1v) is 16.2. The number of nitrogens with one attached hydrogen (secondary N) is 1. The van der Waals surface area contributed by atoms with E-state index in [2.05, 4.69) is 29.6 Å². The van der Waals surface area contributed by atoms with Crippen molar-refractivity contribution in [3.63, 3.8) is 0 Å². The Morgan fingerprint density at radius 1 is 1.02 bits per heavy atom. The fraction of sp³-hybridized carbons (Fsp3) is 0.382. The van der Waals surface area contributed by atoms with Gasteiger partial charge in [0.15, 0.2) is 0 Å². The van der Waals surface area contributed by atoms with Gasteiger partial charge in [0.25, 0.3) is 5.91 Å². The minimum Gasteiger partial charge on any atom is -0.448 e. The fourth-order valence-corrected chi connectivity index (χ4v) is 7.28. The Morgan fingerprint density at radius 3 is 2.30 bits per heavy atom. The van der Waals surface area contributed by atoms with Crippen molar-refractivity contribution < 1.29 is 19.1 Å². The summed E-state index contributed by atoms with van der Waals surface area (Å²) < 4.78 is 13.4. The Balaban J connectivity index is 1.11. The van der Waals surface area contributed by atoms with E-state index in [1.54, 1.807) is 12.0 Å². The number of amides is 1. The van der Waals surface area contributed by atoms with E-state index < -0.39 is 5.41 Å². The zero-order valence-corrected chi connectivity index (χ0v) is 26.8. The molecule has 2 aromatic heterocycles. The lowest BCUT2D eigenvalue weighted by Crippen LogP contribution is -2.39. The molecule has 44 heavy (non-hydrogen) atoms. The molecule has 0 radical (unpaired) electrons. The summed E-state index contributed by atoms with van der Waals surface area (Å²) in [6.45, 7) is 5.95. The van der Waals surface area contributed by atoms with Gasteiger partial charge in [-0.05, 0) is 61.1 Å². The van der Waals surface area contributed by atoms with Gasteiger partial charge in [-0.15, -0.1) is 11.3 Å². The van der Waals surface area contributed by atoms with E-state index in [4.69, 9.17) is 26.2 Å². The first-order valence-electron chi connectivity index (χ1n) is 15.0. The fourth-order valence-electron chi connectivity index (χ4n) is 6.26. The van der Waals surface area contributed by atoms with E-state index in [9.17, 15) is 9.59 Å². The second kappa shape index (κ2) is 12.8. The highest BCUT2D eigenvalue weighted by Crippen LogP contribution is 2.44. The Labute approximate surface area is 266 Å². The Hall–Kier alpha value is -3.66. The van der Waals surface area contributed by atoms with Crippen LogP contribution in [-0.2, 0) is 16.0 Å². The van der Waals surface area contributed by atoms with Gasteiger partial charge < -0.3 is 19.7 Å². The number of ether oxygens (including phenoxy) is 2. The van der Waals surface area contributed by atoms with Gasteiger partial charge >= 0.3 is 6.09 Å². The number of methoxy groups -OCH3 is 1. The van der Waals surface area contributed by atoms with Gasteiger partial charge in [0, 0.05) is 43.0 Å². The summed E-state index contributed by atoms with van der Waals surface area (Å²) in [6.07, 6.45) is 1.18. The van der Waals surface area contributed by atoms with Crippen molar-refractivity contribution in [2.75, 3.05) is 38.7 Å². The summed E-state index contributed by atoms with van der Waals surface area (Å²) in [7, 11) is 1.59. The van der Waals surface area contributed by atoms with E-state index in [0.29, 0.717) is 32.1 Å². The first-order chi connectivity index (χ1) is 21.2. The molecule has 230 valence electrons. The van der Waals surface area contributed by atoms with Gasteiger partial charge in [-0.2, -0.15) is 9.78 Å². The van der Waals surface area contributed by atoms with Crippen LogP contribution >= 0.6 is 22.9 Å². The second-order valence-corrected chi connectivity index (χ2v) is 13.9. The Morgan fingerprint density at radius 2 is 1.68 bits per heavy atom. The number of anilines is 1. The molecule has 0 bridgehead atoms. The molecule has 8 nitrogen and oxygen atoms in total. The number of piperidine rings is 1. The topological polar surface area (TPSA) is 85.7 Å². The number of hydrogen-bond acceptors (Lipinski definition) is 7. The van der Waals surface area contributed by atoms with E-state index >= 15 is 0 Å². The van der Waals surface area contributed by atoms with Crippen molar-refractivity contribution in [3.8, 4) is 11.1 Å². The molecule has 6 rings (SSSR count). The normalized spacial score (nSPS) is 15.2. The van der Waals surface area contributed by atoms with Crippen LogP contribution in [0.2, 0.25) is 4.34 Å². The van der Waals surface area contributed by atoms with E-state index in [1.165, 1.54) is 38.3 Å². The highest BCUT2D eigenvalue weighted by Gasteiger charge is 2.34. The Bertz CT molecular complexity index is 1610. The van der Waals surface area contributed by atoms with Crippen LogP contribution in [0.15, 0.2) is 66.7 Å². The molecular weight excluding hydrogens is 596 g/mol. The second-order valence-electron chi connectivity index (χ2n) is 12.1. The number of fused-ring (bicyclic) bond motifs is 3. The molecule has 1 aliphatic heterocycles. The standard InChI is InChI=1S/C34H37ClN4O4S/c1-34(2,21-42-3)32(40)39-31(36-19-23-12-13-30(35)44-23)18-29(37-39)22-14-16-38(17-15-22)33(41)43-20-28-26-10-6-4-8-24(26)25-9-5-7-11-27(25)28/h4-13,18,22,28,36H,14-17,19-21H2,1-3H3. The number of likely N-dealkylation sites (tertiary alicyclic amines) is 1. The van der Waals surface area contributed by atoms with Gasteiger partial charge in [-0.25, -0.2) is 4.79 Å². The summed E-state index contributed by atoms with van der Waals surface area (Å²) in [4.78, 5) is 29.6. The minimum absolute atomic E-state index is 0.0314. The number of nitrogens with zero attached hydrogens (tertiary/aromatic N) is 3. The van der Waals surface area contributed by atoms with Crippen molar-refractivity contribution in [1.29, 1.82) is 0 Å². The third-order valence-corrected chi connectivity index (χ3v) is 9.82. The maximum Gasteiger partial charge on any atom is 0.409 e. The zero-order chi connectivity index (χ0) is 30.8. The average molecular weight is 633 g/mol. The van der Waals surface area contributed by atoms with Crippen molar-refractivity contribution in [2.24, 2.45) is 5.41 Å². The predicted octanol–water partition coefficient (Wildman–Crippen LogP) is 7.65. The highest BCUT2D eigenvalue weighted by molar-refractivity contribution is 7.16. The monoisotopic (exact) mass is 632 g/mol. The molecule has 4 aromatic rings. The molecule has 1 N–H and O–H groups in total. The van der Waals surface area contributed by atoms with Crippen LogP contribution in [0.1, 0.15) is 65.0 Å². The molecule has 0 atom stereocenters. The van der Waals surface area contributed by atoms with E-state index in [-0.39, 0.29) is 30.4 Å². The quantitative estimate of drug-likeness (QED) is 0.204. The zero-order valence-electron chi connectivity index (χ0n) is 25.2. The average Bonchev–Trinajstić information content (AvgIpc) is 3.74. The summed E-state index contributed by atoms with van der Waals surface area (Å²) in [5.74, 6) is 0.638. The molecule has 1 fully saturated rings. The van der Waals surface area contributed by atoms with Crippen molar-refractivity contribution >= 4 is 40.8 Å². The van der Waals surface area contributed by atoms with Crippen LogP contribution in [0.3, 0.4) is 0 Å². The number of carbonyl (C=O) groups excluding carboxylic acids is 2. The van der Waals surface area contributed by atoms with Crippen LogP contribution in [-0.4, -0.2) is 60.1 Å². The van der Waals surface area contributed by atoms with Crippen molar-refractivity contribution in [3.05, 3.63) is 92.8 Å². The van der Waals surface area contributed by atoms with Gasteiger partial charge in [0.05, 0.1) is 28.6 Å². The van der Waals surface area contributed by atoms with E-state index in [1.807, 2.05) is 56.3 Å². The van der Waals surface area contributed by atoms with Crippen LogP contribution in [0.4, 0.5) is 10.6 Å². The molecule has 0 spiro atoms. The Kier molecular flexibility index (Phi) is 8.80. The molecule has 1 aliphatic carbocycles. The molecule has 10 heteroatoms. The molecule has 1 amide bonds. The number of carbonyl (C=O) groups is 2. The summed E-state index contributed by atoms with van der Waals surface area (Å²) in [5, 5.41) is 8.18. The maximum absolute atomic E-state index is 13.6. The lowest BCUT2D eigenvalue weighted by Gasteiger charge is -2.31. The van der Waals surface area contributed by atoms with Crippen LogP contribution < -0.4 is 5.32 Å². The largest absolute Gasteiger partial charge is 0.448 e. The number of hydrogen-bond donors (Lipinski definition) is 1. The number of rotatable bonds is 9. The molecule has 0 saturated carbocycles. The molecule has 3 heterocycles. The third-order valence-electron chi connectivity index (χ3n) is 8.58. The number of aromatic nitrogens is 2. The maximum atomic E-state index is 13.6. The third kappa shape index (κ3) is 6.14. The first kappa shape index (κ1) is 30.4. The highest BCUT2D eigenvalue weighted by atomic mass is 35.5. The van der Waals surface area contributed by atoms with Gasteiger partial charge in [0.1, 0.15) is 12.4 Å². The van der Waals surface area contributed by atoms with Crippen LogP contribution in [0.25, 0.3) is 11.1 Å². The number of halogens is 1. The molecule has 0 unspecified atom stereocenters. The molecular formula is C34H37ClN4O4S.